The highest BCUT2D eigenvalue weighted by atomic mass is 15.3. The van der Waals surface area contributed by atoms with Crippen LogP contribution in [0.1, 0.15) is 31.2 Å². The average molecular weight is 348 g/mol. The first kappa shape index (κ1) is 16.4. The van der Waals surface area contributed by atoms with Crippen LogP contribution < -0.4 is 0 Å². The number of benzene rings is 1. The zero-order chi connectivity index (χ0) is 17.3. The Morgan fingerprint density at radius 1 is 0.885 bits per heavy atom. The van der Waals surface area contributed by atoms with Gasteiger partial charge < -0.3 is 0 Å². The molecule has 3 saturated heterocycles. The summed E-state index contributed by atoms with van der Waals surface area (Å²) in [6.07, 6.45) is 9.75. The van der Waals surface area contributed by atoms with Crippen molar-refractivity contribution in [1.29, 1.82) is 0 Å². The Bertz CT molecular complexity index is 726. The molecular weight excluding hydrogens is 320 g/mol. The first-order valence-corrected chi connectivity index (χ1v) is 10.2. The lowest BCUT2D eigenvalue weighted by Gasteiger charge is -2.36. The first-order valence-electron chi connectivity index (χ1n) is 10.2. The van der Waals surface area contributed by atoms with Gasteiger partial charge in [-0.1, -0.05) is 30.3 Å². The lowest BCUT2D eigenvalue weighted by atomic mass is 9.95. The summed E-state index contributed by atoms with van der Waals surface area (Å²) in [4.78, 5) is 14.7. The van der Waals surface area contributed by atoms with Crippen molar-refractivity contribution in [3.05, 3.63) is 48.3 Å². The number of hydrogen-bond donors (Lipinski definition) is 0. The zero-order valence-electron chi connectivity index (χ0n) is 15.4. The second-order valence-corrected chi connectivity index (χ2v) is 8.47. The average Bonchev–Trinajstić information content (AvgIpc) is 3.51. The van der Waals surface area contributed by atoms with Crippen LogP contribution in [0.25, 0.3) is 11.4 Å². The Labute approximate surface area is 156 Å². The van der Waals surface area contributed by atoms with Crippen molar-refractivity contribution < 1.29 is 0 Å². The summed E-state index contributed by atoms with van der Waals surface area (Å²) in [5, 5.41) is 0. The standard InChI is InChI=1S/C22H28N4/c1-2-4-20(5-3-1)22-23-10-19(11-24-22)13-25-12-18-8-9-21(16-25)26(15-18)14-17-6-7-17/h1-5,10-11,17-18,21H,6-9,12-16H2/t18-,21+/m0/s1. The van der Waals surface area contributed by atoms with Crippen molar-refractivity contribution >= 4 is 0 Å². The lowest BCUT2D eigenvalue weighted by molar-refractivity contribution is 0.125. The molecule has 4 fully saturated rings. The molecule has 0 unspecified atom stereocenters. The number of rotatable bonds is 5. The number of piperidine rings is 1. The van der Waals surface area contributed by atoms with Crippen molar-refractivity contribution in [3.8, 4) is 11.4 Å². The second kappa shape index (κ2) is 7.09. The maximum Gasteiger partial charge on any atom is 0.159 e. The monoisotopic (exact) mass is 348 g/mol. The van der Waals surface area contributed by atoms with Gasteiger partial charge in [0.25, 0.3) is 0 Å². The van der Waals surface area contributed by atoms with Crippen LogP contribution in [-0.2, 0) is 6.54 Å². The van der Waals surface area contributed by atoms with E-state index >= 15 is 0 Å². The normalized spacial score (nSPS) is 26.8. The molecule has 4 heterocycles. The molecule has 26 heavy (non-hydrogen) atoms. The summed E-state index contributed by atoms with van der Waals surface area (Å²) in [6.45, 7) is 6.10. The van der Waals surface area contributed by atoms with E-state index in [1.807, 2.05) is 30.6 Å². The fraction of sp³-hybridized carbons (Fsp3) is 0.545. The summed E-state index contributed by atoms with van der Waals surface area (Å²) < 4.78 is 0. The SMILES string of the molecule is c1ccc(-c2ncc(CN3C[C@@H]4CC[C@H](C3)N(CC3CC3)C4)cn2)cc1. The molecule has 4 heteroatoms. The molecule has 136 valence electrons. The van der Waals surface area contributed by atoms with Gasteiger partial charge in [0.05, 0.1) is 0 Å². The predicted octanol–water partition coefficient (Wildman–Crippen LogP) is 3.45. The maximum absolute atomic E-state index is 4.61. The highest BCUT2D eigenvalue weighted by Crippen LogP contribution is 2.35. The fourth-order valence-corrected chi connectivity index (χ4v) is 4.69. The van der Waals surface area contributed by atoms with Gasteiger partial charge in [-0.05, 0) is 37.5 Å². The van der Waals surface area contributed by atoms with Gasteiger partial charge in [0.1, 0.15) is 0 Å². The van der Waals surface area contributed by atoms with Crippen molar-refractivity contribution in [3.63, 3.8) is 0 Å². The van der Waals surface area contributed by atoms with Crippen LogP contribution in [0.15, 0.2) is 42.7 Å². The molecule has 1 aromatic carbocycles. The fourth-order valence-electron chi connectivity index (χ4n) is 4.69. The van der Waals surface area contributed by atoms with E-state index in [0.717, 1.165) is 35.8 Å². The highest BCUT2D eigenvalue weighted by molar-refractivity contribution is 5.53. The van der Waals surface area contributed by atoms with Crippen LogP contribution >= 0.6 is 0 Å². The second-order valence-electron chi connectivity index (χ2n) is 8.47. The van der Waals surface area contributed by atoms with E-state index in [4.69, 9.17) is 0 Å². The summed E-state index contributed by atoms with van der Waals surface area (Å²) in [6, 6.07) is 11.0. The van der Waals surface area contributed by atoms with Crippen LogP contribution in [-0.4, -0.2) is 52.0 Å². The zero-order valence-corrected chi connectivity index (χ0v) is 15.4. The topological polar surface area (TPSA) is 32.3 Å². The van der Waals surface area contributed by atoms with E-state index in [9.17, 15) is 0 Å². The quantitative estimate of drug-likeness (QED) is 0.828. The van der Waals surface area contributed by atoms with Crippen molar-refractivity contribution in [2.75, 3.05) is 26.2 Å². The maximum atomic E-state index is 4.61. The molecule has 0 radical (unpaired) electrons. The van der Waals surface area contributed by atoms with E-state index in [0.29, 0.717) is 0 Å². The predicted molar refractivity (Wildman–Crippen MR) is 104 cm³/mol. The molecule has 0 spiro atoms. The van der Waals surface area contributed by atoms with Crippen molar-refractivity contribution in [2.24, 2.45) is 11.8 Å². The van der Waals surface area contributed by atoms with E-state index in [2.05, 4.69) is 31.9 Å². The summed E-state index contributed by atoms with van der Waals surface area (Å²) in [7, 11) is 0. The third-order valence-electron chi connectivity index (χ3n) is 6.24. The smallest absolute Gasteiger partial charge is 0.159 e. The van der Waals surface area contributed by atoms with Crippen molar-refractivity contribution in [2.45, 2.75) is 38.3 Å². The Kier molecular flexibility index (Phi) is 4.47. The van der Waals surface area contributed by atoms with Gasteiger partial charge in [0.2, 0.25) is 0 Å². The van der Waals surface area contributed by atoms with Crippen LogP contribution in [0.2, 0.25) is 0 Å². The molecule has 1 saturated carbocycles. The van der Waals surface area contributed by atoms with Gasteiger partial charge in [-0.25, -0.2) is 9.97 Å². The van der Waals surface area contributed by atoms with E-state index in [-0.39, 0.29) is 0 Å². The highest BCUT2D eigenvalue weighted by Gasteiger charge is 2.37. The largest absolute Gasteiger partial charge is 0.299 e. The Morgan fingerprint density at radius 2 is 1.69 bits per heavy atom. The third kappa shape index (κ3) is 3.67. The van der Waals surface area contributed by atoms with Gasteiger partial charge in [-0.3, -0.25) is 9.80 Å². The lowest BCUT2D eigenvalue weighted by Crippen LogP contribution is -2.44. The number of hydrogen-bond acceptors (Lipinski definition) is 4. The number of nitrogens with zero attached hydrogens (tertiary/aromatic N) is 4. The molecule has 4 aliphatic rings. The molecule has 2 bridgehead atoms. The van der Waals surface area contributed by atoms with Crippen LogP contribution in [0, 0.1) is 11.8 Å². The van der Waals surface area contributed by atoms with Crippen LogP contribution in [0.5, 0.6) is 0 Å². The molecule has 3 aliphatic heterocycles. The Balaban J connectivity index is 1.25. The molecule has 0 amide bonds. The number of fused-ring (bicyclic) bond motifs is 4. The van der Waals surface area contributed by atoms with Gasteiger partial charge in [-0.2, -0.15) is 0 Å². The molecular formula is C22H28N4. The van der Waals surface area contributed by atoms with Crippen molar-refractivity contribution in [1.82, 2.24) is 19.8 Å². The van der Waals surface area contributed by atoms with Gasteiger partial charge in [0, 0.05) is 62.3 Å². The Hall–Kier alpha value is -1.78. The van der Waals surface area contributed by atoms with E-state index < -0.39 is 0 Å². The summed E-state index contributed by atoms with van der Waals surface area (Å²) >= 11 is 0. The third-order valence-corrected chi connectivity index (χ3v) is 6.24. The van der Waals surface area contributed by atoms with Gasteiger partial charge in [0.15, 0.2) is 5.82 Å². The molecule has 6 rings (SSSR count). The molecule has 4 nitrogen and oxygen atoms in total. The van der Waals surface area contributed by atoms with Crippen LogP contribution in [0.4, 0.5) is 0 Å². The summed E-state index contributed by atoms with van der Waals surface area (Å²) in [5.41, 5.74) is 2.32. The molecule has 2 atom stereocenters. The van der Waals surface area contributed by atoms with Crippen LogP contribution in [0.3, 0.4) is 0 Å². The van der Waals surface area contributed by atoms with Gasteiger partial charge in [-0.15, -0.1) is 0 Å². The van der Waals surface area contributed by atoms with E-state index in [1.54, 1.807) is 0 Å². The minimum atomic E-state index is 0.763. The minimum Gasteiger partial charge on any atom is -0.299 e. The minimum absolute atomic E-state index is 0.763. The Morgan fingerprint density at radius 3 is 2.46 bits per heavy atom. The molecule has 1 aromatic heterocycles. The molecule has 0 N–H and O–H groups in total. The number of aromatic nitrogens is 2. The first-order chi connectivity index (χ1) is 12.8. The van der Waals surface area contributed by atoms with E-state index in [1.165, 1.54) is 57.4 Å². The molecule has 1 aliphatic carbocycles. The van der Waals surface area contributed by atoms with Gasteiger partial charge >= 0.3 is 0 Å². The molecule has 2 aromatic rings. The summed E-state index contributed by atoms with van der Waals surface area (Å²) in [5.74, 6) is 2.67.